The second kappa shape index (κ2) is 5.71. The molecule has 3 nitrogen and oxygen atoms in total. The molecule has 0 atom stereocenters. The molecular formula is C14H21N3. The quantitative estimate of drug-likeness (QED) is 0.627. The lowest BCUT2D eigenvalue weighted by Gasteiger charge is -2.27. The normalized spacial score (nSPS) is 17.2. The summed E-state index contributed by atoms with van der Waals surface area (Å²) >= 11 is 0. The first kappa shape index (κ1) is 12.0. The van der Waals surface area contributed by atoms with Crippen LogP contribution in [0.5, 0.6) is 0 Å². The van der Waals surface area contributed by atoms with Crippen molar-refractivity contribution >= 4 is 5.96 Å². The minimum absolute atomic E-state index is 0.689. The Morgan fingerprint density at radius 3 is 2.65 bits per heavy atom. The fourth-order valence-corrected chi connectivity index (χ4v) is 2.18. The summed E-state index contributed by atoms with van der Waals surface area (Å²) in [7, 11) is 0. The molecule has 1 saturated heterocycles. The molecule has 1 aliphatic rings. The first-order valence-corrected chi connectivity index (χ1v) is 6.37. The van der Waals surface area contributed by atoms with E-state index in [1.165, 1.54) is 30.4 Å². The SMILES string of the molecule is Cc1ccccc1CN=C(N)N1CCCCC1. The van der Waals surface area contributed by atoms with Crippen molar-refractivity contribution in [1.29, 1.82) is 0 Å². The molecule has 3 heteroatoms. The summed E-state index contributed by atoms with van der Waals surface area (Å²) in [4.78, 5) is 6.70. The van der Waals surface area contributed by atoms with Crippen LogP contribution in [0.25, 0.3) is 0 Å². The number of guanidine groups is 1. The maximum atomic E-state index is 6.02. The van der Waals surface area contributed by atoms with E-state index in [9.17, 15) is 0 Å². The van der Waals surface area contributed by atoms with Crippen LogP contribution < -0.4 is 5.73 Å². The monoisotopic (exact) mass is 231 g/mol. The highest BCUT2D eigenvalue weighted by atomic mass is 15.2. The van der Waals surface area contributed by atoms with E-state index in [0.29, 0.717) is 12.5 Å². The second-order valence-corrected chi connectivity index (χ2v) is 4.65. The predicted octanol–water partition coefficient (Wildman–Crippen LogP) is 2.30. The van der Waals surface area contributed by atoms with Gasteiger partial charge in [-0.2, -0.15) is 0 Å². The molecule has 0 spiro atoms. The summed E-state index contributed by atoms with van der Waals surface area (Å²) in [5, 5.41) is 0. The van der Waals surface area contributed by atoms with Gasteiger partial charge in [0, 0.05) is 13.1 Å². The number of nitrogens with two attached hydrogens (primary N) is 1. The van der Waals surface area contributed by atoms with Crippen molar-refractivity contribution in [3.05, 3.63) is 35.4 Å². The molecule has 0 aliphatic carbocycles. The number of nitrogens with zero attached hydrogens (tertiary/aromatic N) is 2. The van der Waals surface area contributed by atoms with Crippen molar-refractivity contribution < 1.29 is 0 Å². The number of benzene rings is 1. The number of aliphatic imine (C=N–C) groups is 1. The largest absolute Gasteiger partial charge is 0.370 e. The van der Waals surface area contributed by atoms with E-state index in [2.05, 4.69) is 41.1 Å². The third-order valence-corrected chi connectivity index (χ3v) is 3.35. The van der Waals surface area contributed by atoms with E-state index >= 15 is 0 Å². The standard InChI is InChI=1S/C14H21N3/c1-12-7-3-4-8-13(12)11-16-14(15)17-9-5-2-6-10-17/h3-4,7-8H,2,5-6,9-11H2,1H3,(H2,15,16). The minimum Gasteiger partial charge on any atom is -0.370 e. The maximum Gasteiger partial charge on any atom is 0.191 e. The molecule has 0 saturated carbocycles. The summed E-state index contributed by atoms with van der Waals surface area (Å²) in [5.74, 6) is 0.702. The van der Waals surface area contributed by atoms with Gasteiger partial charge in [0.25, 0.3) is 0 Å². The number of hydrogen-bond acceptors (Lipinski definition) is 1. The lowest BCUT2D eigenvalue weighted by molar-refractivity contribution is 0.338. The molecule has 1 heterocycles. The van der Waals surface area contributed by atoms with Crippen LogP contribution in [0.4, 0.5) is 0 Å². The molecule has 1 aliphatic heterocycles. The average Bonchev–Trinajstić information content (AvgIpc) is 2.38. The van der Waals surface area contributed by atoms with Crippen LogP contribution >= 0.6 is 0 Å². The minimum atomic E-state index is 0.689. The number of rotatable bonds is 2. The van der Waals surface area contributed by atoms with Crippen LogP contribution in [0.2, 0.25) is 0 Å². The molecule has 17 heavy (non-hydrogen) atoms. The van der Waals surface area contributed by atoms with Crippen molar-refractivity contribution in [3.63, 3.8) is 0 Å². The second-order valence-electron chi connectivity index (χ2n) is 4.65. The molecule has 1 aromatic carbocycles. The Morgan fingerprint density at radius 1 is 1.24 bits per heavy atom. The molecular weight excluding hydrogens is 210 g/mol. The summed E-state index contributed by atoms with van der Waals surface area (Å²) < 4.78 is 0. The van der Waals surface area contributed by atoms with Crippen molar-refractivity contribution in [2.75, 3.05) is 13.1 Å². The third kappa shape index (κ3) is 3.22. The maximum absolute atomic E-state index is 6.02. The van der Waals surface area contributed by atoms with Gasteiger partial charge in [-0.3, -0.25) is 0 Å². The zero-order chi connectivity index (χ0) is 12.1. The van der Waals surface area contributed by atoms with Crippen LogP contribution in [0, 0.1) is 6.92 Å². The predicted molar refractivity (Wildman–Crippen MR) is 71.9 cm³/mol. The van der Waals surface area contributed by atoms with Gasteiger partial charge in [0.05, 0.1) is 6.54 Å². The molecule has 0 bridgehead atoms. The Morgan fingerprint density at radius 2 is 1.94 bits per heavy atom. The van der Waals surface area contributed by atoms with E-state index in [4.69, 9.17) is 5.73 Å². The Bertz CT molecular complexity index is 392. The number of piperidine rings is 1. The van der Waals surface area contributed by atoms with Gasteiger partial charge in [0.2, 0.25) is 0 Å². The van der Waals surface area contributed by atoms with E-state index in [0.717, 1.165) is 13.1 Å². The molecule has 0 radical (unpaired) electrons. The van der Waals surface area contributed by atoms with Crippen LogP contribution in [0.1, 0.15) is 30.4 Å². The van der Waals surface area contributed by atoms with Gasteiger partial charge in [-0.05, 0) is 37.3 Å². The van der Waals surface area contributed by atoms with Gasteiger partial charge in [-0.25, -0.2) is 4.99 Å². The van der Waals surface area contributed by atoms with E-state index in [-0.39, 0.29) is 0 Å². The molecule has 92 valence electrons. The summed E-state index contributed by atoms with van der Waals surface area (Å²) in [6, 6.07) is 8.33. The van der Waals surface area contributed by atoms with E-state index in [1.807, 2.05) is 0 Å². The highest BCUT2D eigenvalue weighted by Crippen LogP contribution is 2.10. The molecule has 0 unspecified atom stereocenters. The Balaban J connectivity index is 1.97. The van der Waals surface area contributed by atoms with Crippen LogP contribution in [-0.4, -0.2) is 23.9 Å². The summed E-state index contributed by atoms with van der Waals surface area (Å²) in [5.41, 5.74) is 8.56. The van der Waals surface area contributed by atoms with Gasteiger partial charge >= 0.3 is 0 Å². The Kier molecular flexibility index (Phi) is 4.02. The van der Waals surface area contributed by atoms with Crippen molar-refractivity contribution in [2.45, 2.75) is 32.7 Å². The van der Waals surface area contributed by atoms with Crippen molar-refractivity contribution in [2.24, 2.45) is 10.7 Å². The zero-order valence-corrected chi connectivity index (χ0v) is 10.5. The molecule has 1 aromatic rings. The fourth-order valence-electron chi connectivity index (χ4n) is 2.18. The zero-order valence-electron chi connectivity index (χ0n) is 10.5. The van der Waals surface area contributed by atoms with Crippen LogP contribution in [-0.2, 0) is 6.54 Å². The Hall–Kier alpha value is -1.51. The first-order valence-electron chi connectivity index (χ1n) is 6.37. The van der Waals surface area contributed by atoms with Crippen LogP contribution in [0.15, 0.2) is 29.3 Å². The third-order valence-electron chi connectivity index (χ3n) is 3.35. The highest BCUT2D eigenvalue weighted by Gasteiger charge is 2.11. The molecule has 2 N–H and O–H groups in total. The lowest BCUT2D eigenvalue weighted by atomic mass is 10.1. The van der Waals surface area contributed by atoms with Gasteiger partial charge in [0.15, 0.2) is 5.96 Å². The first-order chi connectivity index (χ1) is 8.27. The smallest absolute Gasteiger partial charge is 0.191 e. The average molecular weight is 231 g/mol. The van der Waals surface area contributed by atoms with Gasteiger partial charge in [-0.15, -0.1) is 0 Å². The molecule has 0 aromatic heterocycles. The number of aryl methyl sites for hydroxylation is 1. The van der Waals surface area contributed by atoms with Crippen molar-refractivity contribution in [1.82, 2.24) is 4.90 Å². The lowest BCUT2D eigenvalue weighted by Crippen LogP contribution is -2.40. The summed E-state index contributed by atoms with van der Waals surface area (Å²) in [6.45, 7) is 4.92. The van der Waals surface area contributed by atoms with Crippen molar-refractivity contribution in [3.8, 4) is 0 Å². The topological polar surface area (TPSA) is 41.6 Å². The fraction of sp³-hybridized carbons (Fsp3) is 0.500. The van der Waals surface area contributed by atoms with Gasteiger partial charge in [-0.1, -0.05) is 24.3 Å². The van der Waals surface area contributed by atoms with Crippen LogP contribution in [0.3, 0.4) is 0 Å². The van der Waals surface area contributed by atoms with E-state index in [1.54, 1.807) is 0 Å². The number of hydrogen-bond donors (Lipinski definition) is 1. The molecule has 0 amide bonds. The van der Waals surface area contributed by atoms with Gasteiger partial charge < -0.3 is 10.6 Å². The molecule has 1 fully saturated rings. The molecule has 2 rings (SSSR count). The number of likely N-dealkylation sites (tertiary alicyclic amines) is 1. The highest BCUT2D eigenvalue weighted by molar-refractivity contribution is 5.78. The Labute approximate surface area is 103 Å². The summed E-state index contributed by atoms with van der Waals surface area (Å²) in [6.07, 6.45) is 3.79. The van der Waals surface area contributed by atoms with Gasteiger partial charge in [0.1, 0.15) is 0 Å². The van der Waals surface area contributed by atoms with E-state index < -0.39 is 0 Å².